The van der Waals surface area contributed by atoms with Gasteiger partial charge in [0.05, 0.1) is 10.5 Å². The number of amides is 1. The Morgan fingerprint density at radius 1 is 1.42 bits per heavy atom. The lowest BCUT2D eigenvalue weighted by molar-refractivity contribution is -0.385. The highest BCUT2D eigenvalue weighted by Crippen LogP contribution is 2.63. The van der Waals surface area contributed by atoms with E-state index in [0.717, 1.165) is 18.6 Å². The normalized spacial score (nSPS) is 27.5. The number of nitro groups is 1. The van der Waals surface area contributed by atoms with E-state index in [-0.39, 0.29) is 29.0 Å². The Hall–Kier alpha value is -2.44. The van der Waals surface area contributed by atoms with Crippen LogP contribution < -0.4 is 10.2 Å². The molecule has 2 fully saturated rings. The second kappa shape index (κ2) is 6.37. The smallest absolute Gasteiger partial charge is 0.277 e. The van der Waals surface area contributed by atoms with Gasteiger partial charge < -0.3 is 4.74 Å². The first-order valence-corrected chi connectivity index (χ1v) is 8.89. The largest absolute Gasteiger partial charge is 0.483 e. The summed E-state index contributed by atoms with van der Waals surface area (Å²) >= 11 is 0. The summed E-state index contributed by atoms with van der Waals surface area (Å²) < 4.78 is 5.45. The second-order valence-corrected chi connectivity index (χ2v) is 8.03. The molecule has 1 N–H and O–H groups in total. The lowest BCUT2D eigenvalue weighted by Crippen LogP contribution is -2.35. The van der Waals surface area contributed by atoms with E-state index in [1.165, 1.54) is 18.6 Å². The summed E-state index contributed by atoms with van der Waals surface area (Å²) in [6.07, 6.45) is 3.24. The number of carbonyl (C=O) groups excluding carboxylic acids is 1. The van der Waals surface area contributed by atoms with Crippen molar-refractivity contribution in [3.63, 3.8) is 0 Å². The molecule has 0 spiro atoms. The summed E-state index contributed by atoms with van der Waals surface area (Å²) in [4.78, 5) is 22.6. The Labute approximate surface area is 153 Å². The molecule has 0 heterocycles. The van der Waals surface area contributed by atoms with E-state index in [1.807, 2.05) is 0 Å². The molecule has 2 atom stereocenters. The molecular formula is C19H25N3O4. The summed E-state index contributed by atoms with van der Waals surface area (Å²) in [6, 6.07) is 4.56. The van der Waals surface area contributed by atoms with E-state index < -0.39 is 4.92 Å². The van der Waals surface area contributed by atoms with Crippen LogP contribution in [0.15, 0.2) is 23.3 Å². The second-order valence-electron chi connectivity index (χ2n) is 8.03. The topological polar surface area (TPSA) is 93.8 Å². The van der Waals surface area contributed by atoms with Crippen molar-refractivity contribution in [2.75, 3.05) is 6.61 Å². The zero-order valence-corrected chi connectivity index (χ0v) is 15.7. The van der Waals surface area contributed by atoms with Crippen LogP contribution in [-0.4, -0.2) is 23.1 Å². The van der Waals surface area contributed by atoms with E-state index in [9.17, 15) is 14.9 Å². The van der Waals surface area contributed by atoms with Crippen LogP contribution in [0.1, 0.15) is 45.6 Å². The molecule has 140 valence electrons. The number of hydrogen-bond acceptors (Lipinski definition) is 5. The first-order valence-electron chi connectivity index (χ1n) is 8.89. The van der Waals surface area contributed by atoms with Gasteiger partial charge in [-0.05, 0) is 43.6 Å². The van der Waals surface area contributed by atoms with E-state index in [2.05, 4.69) is 31.3 Å². The van der Waals surface area contributed by atoms with Crippen LogP contribution in [0.25, 0.3) is 0 Å². The summed E-state index contributed by atoms with van der Waals surface area (Å²) in [5.41, 5.74) is 4.25. The molecule has 2 unspecified atom stereocenters. The molecule has 0 radical (unpaired) electrons. The number of nitrogens with one attached hydrogen (secondary N) is 1. The van der Waals surface area contributed by atoms with Crippen LogP contribution in [-0.2, 0) is 4.79 Å². The minimum Gasteiger partial charge on any atom is -0.483 e. The predicted octanol–water partition coefficient (Wildman–Crippen LogP) is 3.60. The van der Waals surface area contributed by atoms with Crippen molar-refractivity contribution < 1.29 is 14.5 Å². The monoisotopic (exact) mass is 359 g/mol. The van der Waals surface area contributed by atoms with Crippen molar-refractivity contribution in [3.05, 3.63) is 33.9 Å². The lowest BCUT2D eigenvalue weighted by atomic mass is 9.70. The van der Waals surface area contributed by atoms with Crippen molar-refractivity contribution in [2.24, 2.45) is 21.8 Å². The predicted molar refractivity (Wildman–Crippen MR) is 98.1 cm³/mol. The van der Waals surface area contributed by atoms with E-state index in [1.54, 1.807) is 13.0 Å². The quantitative estimate of drug-likeness (QED) is 0.642. The van der Waals surface area contributed by atoms with Crippen molar-refractivity contribution in [2.45, 2.75) is 47.0 Å². The minimum atomic E-state index is -0.466. The molecule has 7 nitrogen and oxygen atoms in total. The fourth-order valence-corrected chi connectivity index (χ4v) is 4.36. The van der Waals surface area contributed by atoms with Crippen LogP contribution in [0, 0.1) is 33.8 Å². The maximum Gasteiger partial charge on any atom is 0.277 e. The molecule has 0 aromatic heterocycles. The van der Waals surface area contributed by atoms with Gasteiger partial charge in [-0.3, -0.25) is 14.9 Å². The number of ether oxygens (including phenoxy) is 1. The van der Waals surface area contributed by atoms with Gasteiger partial charge in [0.1, 0.15) is 5.75 Å². The summed E-state index contributed by atoms with van der Waals surface area (Å²) in [5.74, 6) is 0.578. The Kier molecular flexibility index (Phi) is 4.50. The average Bonchev–Trinajstić information content (AvgIpc) is 2.92. The van der Waals surface area contributed by atoms with Crippen LogP contribution in [0.4, 0.5) is 5.69 Å². The van der Waals surface area contributed by atoms with Crippen molar-refractivity contribution in [1.29, 1.82) is 0 Å². The standard InChI is InChI=1S/C19H25N3O4/c1-12-14(22(24)25)6-5-7-15(12)26-11-17(23)21-20-16-10-13-8-9-19(16,4)18(13,2)3/h5-7,13H,8-11H2,1-4H3,(H,21,23). The van der Waals surface area contributed by atoms with Gasteiger partial charge in [0.15, 0.2) is 6.61 Å². The highest BCUT2D eigenvalue weighted by atomic mass is 16.6. The minimum absolute atomic E-state index is 0.0275. The zero-order chi connectivity index (χ0) is 19.1. The third-order valence-electron chi connectivity index (χ3n) is 6.64. The molecule has 0 saturated heterocycles. The van der Waals surface area contributed by atoms with Gasteiger partial charge in [0, 0.05) is 17.2 Å². The van der Waals surface area contributed by atoms with E-state index in [4.69, 9.17) is 4.74 Å². The highest BCUT2D eigenvalue weighted by Gasteiger charge is 2.60. The van der Waals surface area contributed by atoms with Crippen LogP contribution in [0.5, 0.6) is 5.75 Å². The van der Waals surface area contributed by atoms with Gasteiger partial charge in [-0.1, -0.05) is 26.8 Å². The number of hydrogen-bond donors (Lipinski definition) is 1. The molecule has 2 saturated carbocycles. The van der Waals surface area contributed by atoms with Gasteiger partial charge in [-0.15, -0.1) is 0 Å². The van der Waals surface area contributed by atoms with Crippen LogP contribution >= 0.6 is 0 Å². The van der Waals surface area contributed by atoms with Gasteiger partial charge >= 0.3 is 0 Å². The first kappa shape index (κ1) is 18.4. The van der Waals surface area contributed by atoms with Crippen LogP contribution in [0.2, 0.25) is 0 Å². The number of fused-ring (bicyclic) bond motifs is 2. The average molecular weight is 359 g/mol. The molecule has 1 amide bonds. The lowest BCUT2D eigenvalue weighted by Gasteiger charge is -2.34. The van der Waals surface area contributed by atoms with E-state index >= 15 is 0 Å². The molecule has 3 rings (SSSR count). The fourth-order valence-electron chi connectivity index (χ4n) is 4.36. The Balaban J connectivity index is 1.61. The van der Waals surface area contributed by atoms with Crippen molar-refractivity contribution in [1.82, 2.24) is 5.43 Å². The first-order chi connectivity index (χ1) is 12.2. The molecule has 2 aliphatic rings. The number of benzene rings is 1. The maximum absolute atomic E-state index is 12.1. The Morgan fingerprint density at radius 2 is 2.15 bits per heavy atom. The van der Waals surface area contributed by atoms with Gasteiger partial charge in [0.2, 0.25) is 0 Å². The Bertz CT molecular complexity index is 787. The molecule has 1 aromatic rings. The molecule has 2 bridgehead atoms. The summed E-state index contributed by atoms with van der Waals surface area (Å²) in [7, 11) is 0. The van der Waals surface area contributed by atoms with Crippen LogP contribution in [0.3, 0.4) is 0 Å². The number of nitrogens with zero attached hydrogens (tertiary/aromatic N) is 2. The summed E-state index contributed by atoms with van der Waals surface area (Å²) in [5, 5.41) is 15.3. The van der Waals surface area contributed by atoms with Crippen molar-refractivity contribution >= 4 is 17.3 Å². The highest BCUT2D eigenvalue weighted by molar-refractivity contribution is 5.95. The number of rotatable bonds is 5. The molecule has 2 aliphatic carbocycles. The molecule has 26 heavy (non-hydrogen) atoms. The SMILES string of the molecule is Cc1c(OCC(=O)NN=C2CC3CCC2(C)C3(C)C)cccc1[N+](=O)[O-]. The van der Waals surface area contributed by atoms with E-state index in [0.29, 0.717) is 17.2 Å². The van der Waals surface area contributed by atoms with Gasteiger partial charge in [0.25, 0.3) is 11.6 Å². The molecule has 0 aliphatic heterocycles. The van der Waals surface area contributed by atoms with Crippen molar-refractivity contribution in [3.8, 4) is 5.75 Å². The Morgan fingerprint density at radius 3 is 2.73 bits per heavy atom. The summed E-state index contributed by atoms with van der Waals surface area (Å²) in [6.45, 7) is 8.16. The fraction of sp³-hybridized carbons (Fsp3) is 0.579. The third-order valence-corrected chi connectivity index (χ3v) is 6.64. The number of hydrazone groups is 1. The maximum atomic E-state index is 12.1. The van der Waals surface area contributed by atoms with Gasteiger partial charge in [-0.25, -0.2) is 5.43 Å². The molecular weight excluding hydrogens is 334 g/mol. The molecule has 1 aromatic carbocycles. The van der Waals surface area contributed by atoms with Gasteiger partial charge in [-0.2, -0.15) is 5.10 Å². The molecule has 7 heteroatoms. The number of nitro benzene ring substituents is 1. The number of carbonyl (C=O) groups is 1. The third kappa shape index (κ3) is 2.85. The zero-order valence-electron chi connectivity index (χ0n) is 15.7.